The van der Waals surface area contributed by atoms with Crippen LogP contribution in [-0.4, -0.2) is 34.0 Å². The third-order valence-corrected chi connectivity index (χ3v) is 2.91. The fourth-order valence-corrected chi connectivity index (χ4v) is 2.04. The molecule has 0 radical (unpaired) electrons. The molecule has 0 aromatic carbocycles. The molecule has 18 heavy (non-hydrogen) atoms. The molecule has 0 spiro atoms. The van der Waals surface area contributed by atoms with Gasteiger partial charge in [-0.05, 0) is 20.8 Å². The van der Waals surface area contributed by atoms with Crippen LogP contribution < -0.4 is 5.32 Å². The number of aryl methyl sites for hydroxylation is 1. The predicted molar refractivity (Wildman–Crippen MR) is 63.5 cm³/mol. The van der Waals surface area contributed by atoms with Crippen molar-refractivity contribution in [1.82, 2.24) is 15.4 Å². The summed E-state index contributed by atoms with van der Waals surface area (Å²) in [4.78, 5) is 25.4. The lowest BCUT2D eigenvalue weighted by Gasteiger charge is -2.28. The zero-order chi connectivity index (χ0) is 13.3. The molecule has 0 bridgehead atoms. The fraction of sp³-hybridized carbons (Fsp3) is 0.583. The van der Waals surface area contributed by atoms with Crippen LogP contribution in [0.1, 0.15) is 31.7 Å². The highest BCUT2D eigenvalue weighted by molar-refractivity contribution is 5.92. The number of nitrogens with zero attached hydrogens (tertiary/aromatic N) is 2. The molecule has 1 aromatic rings. The molecule has 2 amide bonds. The van der Waals surface area contributed by atoms with E-state index in [1.54, 1.807) is 31.7 Å². The van der Waals surface area contributed by atoms with Crippen LogP contribution in [-0.2, 0) is 16.1 Å². The molecule has 0 atom stereocenters. The highest BCUT2D eigenvalue weighted by Gasteiger charge is 2.36. The Bertz CT molecular complexity index is 479. The topological polar surface area (TPSA) is 75.4 Å². The lowest BCUT2D eigenvalue weighted by Crippen LogP contribution is -2.52. The number of amides is 2. The maximum atomic E-state index is 12.3. The van der Waals surface area contributed by atoms with Crippen molar-refractivity contribution in [1.29, 1.82) is 0 Å². The summed E-state index contributed by atoms with van der Waals surface area (Å²) in [6, 6.07) is 1.79. The van der Waals surface area contributed by atoms with Crippen molar-refractivity contribution in [3.63, 3.8) is 0 Å². The molecule has 6 nitrogen and oxygen atoms in total. The van der Waals surface area contributed by atoms with E-state index in [4.69, 9.17) is 4.52 Å². The molecule has 0 aliphatic carbocycles. The Kier molecular flexibility index (Phi) is 3.11. The van der Waals surface area contributed by atoms with Crippen LogP contribution in [0, 0.1) is 6.92 Å². The first-order chi connectivity index (χ1) is 8.38. The number of carbonyl (C=O) groups is 2. The normalized spacial score (nSPS) is 19.6. The van der Waals surface area contributed by atoms with Crippen molar-refractivity contribution < 1.29 is 14.1 Å². The summed E-state index contributed by atoms with van der Waals surface area (Å²) in [6.45, 7) is 5.99. The SMILES string of the molecule is Cc1cc(CN2CCC(=O)NC(C)(C)C2=O)no1. The van der Waals surface area contributed by atoms with E-state index in [9.17, 15) is 9.59 Å². The summed E-state index contributed by atoms with van der Waals surface area (Å²) in [5.74, 6) is 0.502. The molecular weight excluding hydrogens is 234 g/mol. The minimum Gasteiger partial charge on any atom is -0.361 e. The third-order valence-electron chi connectivity index (χ3n) is 2.91. The van der Waals surface area contributed by atoms with Gasteiger partial charge in [0.25, 0.3) is 0 Å². The van der Waals surface area contributed by atoms with Crippen LogP contribution in [0.2, 0.25) is 0 Å². The van der Waals surface area contributed by atoms with Gasteiger partial charge in [0.05, 0.1) is 6.54 Å². The minimum absolute atomic E-state index is 0.103. The monoisotopic (exact) mass is 251 g/mol. The van der Waals surface area contributed by atoms with Gasteiger partial charge in [-0.2, -0.15) is 0 Å². The van der Waals surface area contributed by atoms with Crippen molar-refractivity contribution in [2.45, 2.75) is 39.3 Å². The Labute approximate surface area is 105 Å². The highest BCUT2D eigenvalue weighted by atomic mass is 16.5. The summed E-state index contributed by atoms with van der Waals surface area (Å²) < 4.78 is 4.98. The largest absolute Gasteiger partial charge is 0.361 e. The number of nitrogens with one attached hydrogen (secondary N) is 1. The summed E-state index contributed by atoms with van der Waals surface area (Å²) in [5, 5.41) is 6.58. The summed E-state index contributed by atoms with van der Waals surface area (Å²) >= 11 is 0. The van der Waals surface area contributed by atoms with E-state index in [2.05, 4.69) is 10.5 Å². The summed E-state index contributed by atoms with van der Waals surface area (Å²) in [5.41, 5.74) is -0.169. The van der Waals surface area contributed by atoms with Gasteiger partial charge < -0.3 is 14.7 Å². The number of rotatable bonds is 2. The second-order valence-corrected chi connectivity index (χ2v) is 5.08. The van der Waals surface area contributed by atoms with Gasteiger partial charge in [0.2, 0.25) is 11.8 Å². The van der Waals surface area contributed by atoms with Gasteiger partial charge in [0.15, 0.2) is 0 Å². The van der Waals surface area contributed by atoms with Crippen molar-refractivity contribution in [2.75, 3.05) is 6.54 Å². The van der Waals surface area contributed by atoms with Gasteiger partial charge in [-0.25, -0.2) is 0 Å². The first kappa shape index (κ1) is 12.6. The van der Waals surface area contributed by atoms with Crippen molar-refractivity contribution >= 4 is 11.8 Å². The number of aromatic nitrogens is 1. The molecule has 1 aliphatic rings. The molecule has 0 unspecified atom stereocenters. The van der Waals surface area contributed by atoms with Crippen LogP contribution in [0.3, 0.4) is 0 Å². The van der Waals surface area contributed by atoms with Gasteiger partial charge in [-0.3, -0.25) is 9.59 Å². The van der Waals surface area contributed by atoms with Gasteiger partial charge in [0.1, 0.15) is 17.0 Å². The highest BCUT2D eigenvalue weighted by Crippen LogP contribution is 2.16. The number of hydrogen-bond acceptors (Lipinski definition) is 4. The molecule has 0 saturated carbocycles. The zero-order valence-corrected chi connectivity index (χ0v) is 10.8. The average molecular weight is 251 g/mol. The van der Waals surface area contributed by atoms with E-state index in [0.717, 1.165) is 0 Å². The smallest absolute Gasteiger partial charge is 0.248 e. The third kappa shape index (κ3) is 2.52. The van der Waals surface area contributed by atoms with Crippen LogP contribution >= 0.6 is 0 Å². The van der Waals surface area contributed by atoms with Crippen LogP contribution in [0.25, 0.3) is 0 Å². The van der Waals surface area contributed by atoms with Crippen molar-refractivity contribution in [3.05, 3.63) is 17.5 Å². The van der Waals surface area contributed by atoms with E-state index < -0.39 is 5.54 Å². The molecule has 1 aromatic heterocycles. The van der Waals surface area contributed by atoms with Crippen LogP contribution in [0.15, 0.2) is 10.6 Å². The van der Waals surface area contributed by atoms with E-state index in [-0.39, 0.29) is 11.8 Å². The van der Waals surface area contributed by atoms with E-state index >= 15 is 0 Å². The molecule has 1 saturated heterocycles. The second-order valence-electron chi connectivity index (χ2n) is 5.08. The van der Waals surface area contributed by atoms with E-state index in [1.807, 2.05) is 0 Å². The molecule has 2 heterocycles. The van der Waals surface area contributed by atoms with Gasteiger partial charge in [0, 0.05) is 19.0 Å². The van der Waals surface area contributed by atoms with E-state index in [0.29, 0.717) is 31.0 Å². The Morgan fingerprint density at radius 2 is 2.22 bits per heavy atom. The molecular formula is C12H17N3O3. The van der Waals surface area contributed by atoms with Gasteiger partial charge in [-0.1, -0.05) is 5.16 Å². The predicted octanol–water partition coefficient (Wildman–Crippen LogP) is 0.610. The Morgan fingerprint density at radius 3 is 2.83 bits per heavy atom. The summed E-state index contributed by atoms with van der Waals surface area (Å²) in [6.07, 6.45) is 0.312. The molecule has 1 N–H and O–H groups in total. The first-order valence-electron chi connectivity index (χ1n) is 5.91. The zero-order valence-electron chi connectivity index (χ0n) is 10.8. The van der Waals surface area contributed by atoms with Gasteiger partial charge in [-0.15, -0.1) is 0 Å². The molecule has 6 heteroatoms. The lowest BCUT2D eigenvalue weighted by atomic mass is 10.0. The Hall–Kier alpha value is -1.85. The molecule has 1 aliphatic heterocycles. The standard InChI is InChI=1S/C12H17N3O3/c1-8-6-9(14-18-8)7-15-5-4-10(16)13-12(2,3)11(15)17/h6H,4-5,7H2,1-3H3,(H,13,16). The van der Waals surface area contributed by atoms with Crippen molar-refractivity contribution in [2.24, 2.45) is 0 Å². The summed E-state index contributed by atoms with van der Waals surface area (Å²) in [7, 11) is 0. The quantitative estimate of drug-likeness (QED) is 0.835. The maximum Gasteiger partial charge on any atom is 0.248 e. The lowest BCUT2D eigenvalue weighted by molar-refractivity contribution is -0.137. The maximum absolute atomic E-state index is 12.3. The second kappa shape index (κ2) is 4.44. The number of hydrogen-bond donors (Lipinski definition) is 1. The number of carbonyl (C=O) groups excluding carboxylic acids is 2. The van der Waals surface area contributed by atoms with Crippen molar-refractivity contribution in [3.8, 4) is 0 Å². The first-order valence-corrected chi connectivity index (χ1v) is 5.91. The molecule has 98 valence electrons. The minimum atomic E-state index is -0.869. The van der Waals surface area contributed by atoms with Crippen LogP contribution in [0.4, 0.5) is 0 Å². The Morgan fingerprint density at radius 1 is 1.50 bits per heavy atom. The molecule has 1 fully saturated rings. The van der Waals surface area contributed by atoms with Gasteiger partial charge >= 0.3 is 0 Å². The van der Waals surface area contributed by atoms with Crippen LogP contribution in [0.5, 0.6) is 0 Å². The Balaban J connectivity index is 2.16. The van der Waals surface area contributed by atoms with E-state index in [1.165, 1.54) is 0 Å². The average Bonchev–Trinajstić information content (AvgIpc) is 2.64. The molecule has 2 rings (SSSR count). The fourth-order valence-electron chi connectivity index (χ4n) is 2.04.